The van der Waals surface area contributed by atoms with Crippen molar-refractivity contribution < 1.29 is 13.9 Å². The number of hydrogen-bond acceptors (Lipinski definition) is 1. The van der Waals surface area contributed by atoms with Gasteiger partial charge in [-0.25, -0.2) is 8.78 Å². The lowest BCUT2D eigenvalue weighted by atomic mass is 10.0. The van der Waals surface area contributed by atoms with Gasteiger partial charge in [0.25, 0.3) is 6.43 Å². The van der Waals surface area contributed by atoms with Crippen LogP contribution in [0.15, 0.2) is 12.1 Å². The predicted octanol–water partition coefficient (Wildman–Crippen LogP) is 2.95. The molecule has 1 rings (SSSR count). The molecule has 0 spiro atoms. The number of rotatable bonds is 1. The molecule has 12 heavy (non-hydrogen) atoms. The molecule has 0 fully saturated rings. The van der Waals surface area contributed by atoms with Crippen LogP contribution in [0.25, 0.3) is 0 Å². The topological polar surface area (TPSA) is 20.2 Å². The van der Waals surface area contributed by atoms with Crippen molar-refractivity contribution in [1.82, 2.24) is 0 Å². The van der Waals surface area contributed by atoms with Gasteiger partial charge in [-0.15, -0.1) is 0 Å². The minimum absolute atomic E-state index is 0.0903. The zero-order valence-corrected chi connectivity index (χ0v) is 6.94. The van der Waals surface area contributed by atoms with Gasteiger partial charge in [0.2, 0.25) is 0 Å². The molecular weight excluding hydrogens is 162 g/mol. The first kappa shape index (κ1) is 8.97. The van der Waals surface area contributed by atoms with Gasteiger partial charge in [-0.2, -0.15) is 0 Å². The largest absolute Gasteiger partial charge is 0.508 e. The van der Waals surface area contributed by atoms with E-state index in [1.807, 2.05) is 0 Å². The molecule has 0 aliphatic carbocycles. The summed E-state index contributed by atoms with van der Waals surface area (Å²) < 4.78 is 24.6. The van der Waals surface area contributed by atoms with Crippen LogP contribution in [0.5, 0.6) is 5.75 Å². The Balaban J connectivity index is 3.28. The highest BCUT2D eigenvalue weighted by Crippen LogP contribution is 2.28. The second-order valence-corrected chi connectivity index (χ2v) is 2.78. The van der Waals surface area contributed by atoms with Crippen LogP contribution < -0.4 is 0 Å². The van der Waals surface area contributed by atoms with Gasteiger partial charge >= 0.3 is 0 Å². The lowest BCUT2D eigenvalue weighted by Gasteiger charge is -2.07. The van der Waals surface area contributed by atoms with Crippen molar-refractivity contribution in [2.75, 3.05) is 0 Å². The zero-order valence-electron chi connectivity index (χ0n) is 6.94. The molecule has 0 heterocycles. The van der Waals surface area contributed by atoms with E-state index in [1.165, 1.54) is 6.07 Å². The third-order valence-corrected chi connectivity index (χ3v) is 1.93. The van der Waals surface area contributed by atoms with Gasteiger partial charge in [0.05, 0.1) is 0 Å². The minimum atomic E-state index is -2.52. The Morgan fingerprint density at radius 3 is 2.33 bits per heavy atom. The fourth-order valence-corrected chi connectivity index (χ4v) is 1.09. The Hall–Kier alpha value is -1.12. The molecule has 0 aliphatic rings. The van der Waals surface area contributed by atoms with E-state index in [1.54, 1.807) is 13.8 Å². The molecule has 0 saturated heterocycles. The van der Waals surface area contributed by atoms with Crippen LogP contribution in [0.4, 0.5) is 8.78 Å². The molecule has 0 bridgehead atoms. The van der Waals surface area contributed by atoms with Crippen LogP contribution in [-0.2, 0) is 0 Å². The second-order valence-electron chi connectivity index (χ2n) is 2.78. The maximum Gasteiger partial charge on any atom is 0.264 e. The van der Waals surface area contributed by atoms with Gasteiger partial charge in [0.1, 0.15) is 5.75 Å². The minimum Gasteiger partial charge on any atom is -0.508 e. The number of phenols is 1. The Morgan fingerprint density at radius 2 is 1.83 bits per heavy atom. The number of halogens is 2. The number of benzene rings is 1. The number of aromatic hydroxyl groups is 1. The summed E-state index contributed by atoms with van der Waals surface area (Å²) >= 11 is 0. The van der Waals surface area contributed by atoms with E-state index in [-0.39, 0.29) is 11.3 Å². The predicted molar refractivity (Wildman–Crippen MR) is 42.5 cm³/mol. The third kappa shape index (κ3) is 1.55. The SMILES string of the molecule is Cc1cc(O)cc(C(F)F)c1C. The first-order valence-corrected chi connectivity index (χ1v) is 3.60. The molecule has 0 aromatic heterocycles. The maximum atomic E-state index is 12.3. The Labute approximate surface area is 69.7 Å². The monoisotopic (exact) mass is 172 g/mol. The van der Waals surface area contributed by atoms with Crippen molar-refractivity contribution in [3.8, 4) is 5.75 Å². The van der Waals surface area contributed by atoms with Gasteiger partial charge in [0.15, 0.2) is 0 Å². The fourth-order valence-electron chi connectivity index (χ4n) is 1.09. The highest BCUT2D eigenvalue weighted by atomic mass is 19.3. The van der Waals surface area contributed by atoms with Crippen molar-refractivity contribution >= 4 is 0 Å². The summed E-state index contributed by atoms with van der Waals surface area (Å²) in [6.45, 7) is 3.32. The summed E-state index contributed by atoms with van der Waals surface area (Å²) in [5, 5.41) is 9.03. The van der Waals surface area contributed by atoms with Gasteiger partial charge in [-0.05, 0) is 37.1 Å². The molecule has 66 valence electrons. The van der Waals surface area contributed by atoms with Crippen LogP contribution in [0, 0.1) is 13.8 Å². The van der Waals surface area contributed by atoms with Crippen LogP contribution in [-0.4, -0.2) is 5.11 Å². The molecule has 1 aromatic rings. The van der Waals surface area contributed by atoms with Crippen molar-refractivity contribution in [3.63, 3.8) is 0 Å². The summed E-state index contributed by atoms with van der Waals surface area (Å²) in [6, 6.07) is 2.58. The first-order valence-electron chi connectivity index (χ1n) is 3.60. The number of aryl methyl sites for hydroxylation is 1. The van der Waals surface area contributed by atoms with Crippen molar-refractivity contribution in [3.05, 3.63) is 28.8 Å². The van der Waals surface area contributed by atoms with Crippen LogP contribution in [0.3, 0.4) is 0 Å². The molecule has 0 amide bonds. The summed E-state index contributed by atoms with van der Waals surface area (Å²) in [7, 11) is 0. The molecule has 1 nitrogen and oxygen atoms in total. The smallest absolute Gasteiger partial charge is 0.264 e. The van der Waals surface area contributed by atoms with Crippen molar-refractivity contribution in [2.45, 2.75) is 20.3 Å². The van der Waals surface area contributed by atoms with Gasteiger partial charge in [-0.3, -0.25) is 0 Å². The quantitative estimate of drug-likeness (QED) is 0.690. The Bertz CT molecular complexity index is 295. The summed E-state index contributed by atoms with van der Waals surface area (Å²) in [6.07, 6.45) is -2.52. The first-order chi connectivity index (χ1) is 5.52. The van der Waals surface area contributed by atoms with Gasteiger partial charge in [0, 0.05) is 5.56 Å². The van der Waals surface area contributed by atoms with Gasteiger partial charge < -0.3 is 5.11 Å². The lowest BCUT2D eigenvalue weighted by molar-refractivity contribution is 0.150. The highest BCUT2D eigenvalue weighted by molar-refractivity contribution is 5.40. The second kappa shape index (κ2) is 3.09. The molecule has 1 aromatic carbocycles. The molecule has 0 radical (unpaired) electrons. The molecule has 1 N–H and O–H groups in total. The van der Waals surface area contributed by atoms with E-state index in [9.17, 15) is 8.78 Å². The molecular formula is C9H10F2O. The fraction of sp³-hybridized carbons (Fsp3) is 0.333. The normalized spacial score (nSPS) is 10.8. The number of hydrogen-bond donors (Lipinski definition) is 1. The van der Waals surface area contributed by atoms with Crippen LogP contribution in [0.1, 0.15) is 23.1 Å². The van der Waals surface area contributed by atoms with E-state index in [0.29, 0.717) is 11.1 Å². The summed E-state index contributed by atoms with van der Waals surface area (Å²) in [5.41, 5.74) is 1.14. The average Bonchev–Trinajstić information content (AvgIpc) is 1.96. The van der Waals surface area contributed by atoms with Gasteiger partial charge in [-0.1, -0.05) is 0 Å². The molecule has 0 atom stereocenters. The molecule has 3 heteroatoms. The number of phenolic OH excluding ortho intramolecular Hbond substituents is 1. The van der Waals surface area contributed by atoms with E-state index in [0.717, 1.165) is 6.07 Å². The highest BCUT2D eigenvalue weighted by Gasteiger charge is 2.12. The Kier molecular flexibility index (Phi) is 2.31. The average molecular weight is 172 g/mol. The summed E-state index contributed by atoms with van der Waals surface area (Å²) in [4.78, 5) is 0. The summed E-state index contributed by atoms with van der Waals surface area (Å²) in [5.74, 6) is -0.103. The van der Waals surface area contributed by atoms with E-state index < -0.39 is 6.43 Å². The van der Waals surface area contributed by atoms with Crippen molar-refractivity contribution in [2.24, 2.45) is 0 Å². The van der Waals surface area contributed by atoms with E-state index >= 15 is 0 Å². The van der Waals surface area contributed by atoms with Crippen molar-refractivity contribution in [1.29, 1.82) is 0 Å². The van der Waals surface area contributed by atoms with E-state index in [2.05, 4.69) is 0 Å². The molecule has 0 saturated carbocycles. The number of alkyl halides is 2. The van der Waals surface area contributed by atoms with Crippen LogP contribution in [0.2, 0.25) is 0 Å². The zero-order chi connectivity index (χ0) is 9.30. The van der Waals surface area contributed by atoms with Crippen LogP contribution >= 0.6 is 0 Å². The lowest BCUT2D eigenvalue weighted by Crippen LogP contribution is -1.92. The molecule has 0 unspecified atom stereocenters. The Morgan fingerprint density at radius 1 is 1.25 bits per heavy atom. The third-order valence-electron chi connectivity index (χ3n) is 1.93. The standard InChI is InChI=1S/C9H10F2O/c1-5-3-7(12)4-8(6(5)2)9(10)11/h3-4,9,12H,1-2H3. The molecule has 0 aliphatic heterocycles. The maximum absolute atomic E-state index is 12.3. The van der Waals surface area contributed by atoms with E-state index in [4.69, 9.17) is 5.11 Å².